The molecule has 76 valence electrons. The summed E-state index contributed by atoms with van der Waals surface area (Å²) in [6.45, 7) is 0.844. The molecule has 1 fully saturated rings. The zero-order chi connectivity index (χ0) is 10.0. The quantitative estimate of drug-likeness (QED) is 0.761. The van der Waals surface area contributed by atoms with Crippen molar-refractivity contribution < 1.29 is 5.11 Å². The van der Waals surface area contributed by atoms with Gasteiger partial charge in [0.2, 0.25) is 0 Å². The first kappa shape index (κ1) is 9.69. The minimum atomic E-state index is 0.0468. The molecule has 0 saturated heterocycles. The Balaban J connectivity index is 2.30. The Morgan fingerprint density at radius 2 is 2.14 bits per heavy atom. The molecule has 0 spiro atoms. The van der Waals surface area contributed by atoms with E-state index in [0.717, 1.165) is 18.4 Å². The molecule has 0 heterocycles. The SMILES string of the molecule is NCc1cccc(C2(CO)CCC2)c1. The normalized spacial score (nSPS) is 19.0. The number of hydrogen-bond acceptors (Lipinski definition) is 2. The molecule has 1 aromatic carbocycles. The second kappa shape index (κ2) is 3.71. The molecule has 3 N–H and O–H groups in total. The van der Waals surface area contributed by atoms with Crippen molar-refractivity contribution in [3.05, 3.63) is 35.4 Å². The summed E-state index contributed by atoms with van der Waals surface area (Å²) in [6, 6.07) is 8.31. The molecule has 0 bridgehead atoms. The molecule has 0 unspecified atom stereocenters. The lowest BCUT2D eigenvalue weighted by Gasteiger charge is -2.41. The maximum absolute atomic E-state index is 9.42. The van der Waals surface area contributed by atoms with E-state index in [4.69, 9.17) is 5.73 Å². The number of nitrogens with two attached hydrogens (primary N) is 1. The lowest BCUT2D eigenvalue weighted by molar-refractivity contribution is 0.120. The van der Waals surface area contributed by atoms with Crippen LogP contribution in [-0.2, 0) is 12.0 Å². The summed E-state index contributed by atoms with van der Waals surface area (Å²) in [4.78, 5) is 0. The Labute approximate surface area is 84.7 Å². The lowest BCUT2D eigenvalue weighted by atomic mass is 9.65. The van der Waals surface area contributed by atoms with E-state index in [2.05, 4.69) is 12.1 Å². The second-order valence-corrected chi connectivity index (χ2v) is 4.20. The summed E-state index contributed by atoms with van der Waals surface area (Å²) in [5, 5.41) is 9.42. The third kappa shape index (κ3) is 1.45. The van der Waals surface area contributed by atoms with E-state index < -0.39 is 0 Å². The summed E-state index contributed by atoms with van der Waals surface area (Å²) < 4.78 is 0. The molecular weight excluding hydrogens is 174 g/mol. The van der Waals surface area contributed by atoms with Crippen molar-refractivity contribution in [2.75, 3.05) is 6.61 Å². The van der Waals surface area contributed by atoms with Crippen molar-refractivity contribution in [1.29, 1.82) is 0 Å². The van der Waals surface area contributed by atoms with Crippen LogP contribution < -0.4 is 5.73 Å². The van der Waals surface area contributed by atoms with Gasteiger partial charge in [-0.05, 0) is 24.0 Å². The maximum Gasteiger partial charge on any atom is 0.0527 e. The van der Waals surface area contributed by atoms with Crippen molar-refractivity contribution in [2.45, 2.75) is 31.2 Å². The fraction of sp³-hybridized carbons (Fsp3) is 0.500. The van der Waals surface area contributed by atoms with Gasteiger partial charge in [-0.25, -0.2) is 0 Å². The Kier molecular flexibility index (Phi) is 2.57. The van der Waals surface area contributed by atoms with Crippen LogP contribution in [0.5, 0.6) is 0 Å². The Bertz CT molecular complexity index is 312. The third-order valence-electron chi connectivity index (χ3n) is 3.39. The molecule has 1 saturated carbocycles. The largest absolute Gasteiger partial charge is 0.395 e. The van der Waals surface area contributed by atoms with E-state index in [1.807, 2.05) is 12.1 Å². The van der Waals surface area contributed by atoms with E-state index >= 15 is 0 Å². The van der Waals surface area contributed by atoms with Crippen LogP contribution in [0.3, 0.4) is 0 Å². The maximum atomic E-state index is 9.42. The molecular formula is C12H17NO. The highest BCUT2D eigenvalue weighted by atomic mass is 16.3. The van der Waals surface area contributed by atoms with Crippen LogP contribution in [0.25, 0.3) is 0 Å². The first-order valence-corrected chi connectivity index (χ1v) is 5.21. The highest BCUT2D eigenvalue weighted by Gasteiger charge is 2.37. The number of rotatable bonds is 3. The smallest absolute Gasteiger partial charge is 0.0527 e. The molecule has 1 aliphatic carbocycles. The van der Waals surface area contributed by atoms with Gasteiger partial charge in [-0.3, -0.25) is 0 Å². The highest BCUT2D eigenvalue weighted by molar-refractivity contribution is 5.32. The predicted molar refractivity (Wildman–Crippen MR) is 56.9 cm³/mol. The van der Waals surface area contributed by atoms with Gasteiger partial charge in [0.25, 0.3) is 0 Å². The number of aliphatic hydroxyl groups excluding tert-OH is 1. The highest BCUT2D eigenvalue weighted by Crippen LogP contribution is 2.43. The van der Waals surface area contributed by atoms with Crippen LogP contribution >= 0.6 is 0 Å². The minimum absolute atomic E-state index is 0.0468. The van der Waals surface area contributed by atoms with Crippen LogP contribution in [0.4, 0.5) is 0 Å². The monoisotopic (exact) mass is 191 g/mol. The van der Waals surface area contributed by atoms with E-state index in [0.29, 0.717) is 6.54 Å². The summed E-state index contributed by atoms with van der Waals surface area (Å²) in [5.41, 5.74) is 8.06. The molecule has 1 aromatic rings. The summed E-state index contributed by atoms with van der Waals surface area (Å²) >= 11 is 0. The average molecular weight is 191 g/mol. The summed E-state index contributed by atoms with van der Waals surface area (Å²) in [6.07, 6.45) is 3.45. The van der Waals surface area contributed by atoms with Gasteiger partial charge in [-0.2, -0.15) is 0 Å². The fourth-order valence-electron chi connectivity index (χ4n) is 2.17. The lowest BCUT2D eigenvalue weighted by Crippen LogP contribution is -2.37. The van der Waals surface area contributed by atoms with Crippen molar-refractivity contribution in [2.24, 2.45) is 5.73 Å². The van der Waals surface area contributed by atoms with E-state index in [-0.39, 0.29) is 12.0 Å². The van der Waals surface area contributed by atoms with Gasteiger partial charge in [0.05, 0.1) is 6.61 Å². The molecule has 2 heteroatoms. The van der Waals surface area contributed by atoms with Crippen molar-refractivity contribution >= 4 is 0 Å². The first-order valence-electron chi connectivity index (χ1n) is 5.21. The molecule has 0 atom stereocenters. The molecule has 0 aliphatic heterocycles. The Morgan fingerprint density at radius 3 is 2.64 bits per heavy atom. The van der Waals surface area contributed by atoms with Crippen LogP contribution in [0, 0.1) is 0 Å². The number of benzene rings is 1. The minimum Gasteiger partial charge on any atom is -0.395 e. The van der Waals surface area contributed by atoms with E-state index in [1.165, 1.54) is 12.0 Å². The van der Waals surface area contributed by atoms with Crippen LogP contribution in [-0.4, -0.2) is 11.7 Å². The van der Waals surface area contributed by atoms with Crippen molar-refractivity contribution in [3.8, 4) is 0 Å². The topological polar surface area (TPSA) is 46.2 Å². The first-order chi connectivity index (χ1) is 6.80. The van der Waals surface area contributed by atoms with Gasteiger partial charge in [0, 0.05) is 12.0 Å². The molecule has 14 heavy (non-hydrogen) atoms. The Morgan fingerprint density at radius 1 is 1.36 bits per heavy atom. The van der Waals surface area contributed by atoms with Crippen LogP contribution in [0.1, 0.15) is 30.4 Å². The number of aliphatic hydroxyl groups is 1. The van der Waals surface area contributed by atoms with Gasteiger partial charge in [0.1, 0.15) is 0 Å². The van der Waals surface area contributed by atoms with Gasteiger partial charge < -0.3 is 10.8 Å². The third-order valence-corrected chi connectivity index (χ3v) is 3.39. The summed E-state index contributed by atoms with van der Waals surface area (Å²) in [7, 11) is 0. The summed E-state index contributed by atoms with van der Waals surface area (Å²) in [5.74, 6) is 0. The zero-order valence-corrected chi connectivity index (χ0v) is 8.37. The van der Waals surface area contributed by atoms with Gasteiger partial charge >= 0.3 is 0 Å². The van der Waals surface area contributed by atoms with E-state index in [1.54, 1.807) is 0 Å². The zero-order valence-electron chi connectivity index (χ0n) is 8.37. The molecule has 2 rings (SSSR count). The van der Waals surface area contributed by atoms with Crippen molar-refractivity contribution in [3.63, 3.8) is 0 Å². The van der Waals surface area contributed by atoms with Crippen LogP contribution in [0.15, 0.2) is 24.3 Å². The number of hydrogen-bond donors (Lipinski definition) is 2. The molecule has 0 amide bonds. The predicted octanol–water partition coefficient (Wildman–Crippen LogP) is 1.56. The second-order valence-electron chi connectivity index (χ2n) is 4.20. The van der Waals surface area contributed by atoms with Crippen molar-refractivity contribution in [1.82, 2.24) is 0 Å². The van der Waals surface area contributed by atoms with Crippen LogP contribution in [0.2, 0.25) is 0 Å². The fourth-order valence-corrected chi connectivity index (χ4v) is 2.17. The molecule has 0 aromatic heterocycles. The van der Waals surface area contributed by atoms with E-state index in [9.17, 15) is 5.11 Å². The average Bonchev–Trinajstić information content (AvgIpc) is 2.18. The Hall–Kier alpha value is -0.860. The molecule has 2 nitrogen and oxygen atoms in total. The van der Waals surface area contributed by atoms with Gasteiger partial charge in [-0.1, -0.05) is 30.7 Å². The van der Waals surface area contributed by atoms with Gasteiger partial charge in [-0.15, -0.1) is 0 Å². The molecule has 0 radical (unpaired) electrons. The standard InChI is InChI=1S/C12H17NO/c13-8-10-3-1-4-11(7-10)12(9-14)5-2-6-12/h1,3-4,7,14H,2,5-6,8-9,13H2. The molecule has 1 aliphatic rings. The van der Waals surface area contributed by atoms with Gasteiger partial charge in [0.15, 0.2) is 0 Å².